The molecule has 174 valence electrons. The molecule has 1 atom stereocenters. The molecule has 2 heterocycles. The number of hydrogen-bond acceptors (Lipinski definition) is 6. The number of benzene rings is 2. The zero-order chi connectivity index (χ0) is 23.3. The Morgan fingerprint density at radius 3 is 2.30 bits per heavy atom. The number of rotatable bonds is 8. The Balaban J connectivity index is 1.31. The minimum atomic E-state index is -3.60. The van der Waals surface area contributed by atoms with Crippen LogP contribution in [0.1, 0.15) is 17.2 Å². The van der Waals surface area contributed by atoms with Gasteiger partial charge < -0.3 is 5.11 Å². The third-order valence-corrected chi connectivity index (χ3v) is 8.47. The highest BCUT2D eigenvalue weighted by molar-refractivity contribution is 7.99. The number of piperazine rings is 1. The van der Waals surface area contributed by atoms with Crippen LogP contribution in [0.2, 0.25) is 0 Å². The van der Waals surface area contributed by atoms with Gasteiger partial charge in [0.2, 0.25) is 10.0 Å². The van der Waals surface area contributed by atoms with E-state index in [1.807, 2.05) is 18.2 Å². The molecule has 0 spiro atoms. The molecular weight excluding hydrogens is 461 g/mol. The Morgan fingerprint density at radius 1 is 0.970 bits per heavy atom. The van der Waals surface area contributed by atoms with Gasteiger partial charge in [0.25, 0.3) is 0 Å². The fourth-order valence-corrected chi connectivity index (χ4v) is 5.85. The van der Waals surface area contributed by atoms with E-state index >= 15 is 0 Å². The average molecular weight is 488 g/mol. The van der Waals surface area contributed by atoms with Gasteiger partial charge in [0, 0.05) is 44.7 Å². The van der Waals surface area contributed by atoms with Crippen molar-refractivity contribution < 1.29 is 17.9 Å². The summed E-state index contributed by atoms with van der Waals surface area (Å²) in [5, 5.41) is 10.9. The first-order valence-electron chi connectivity index (χ1n) is 10.7. The SMILES string of the molecule is O=S(=O)(c1ccc(SC[C@@H](O)c2ccc(F)cc2)nc1)N1CCN(Cc2ccccc2)CC1. The highest BCUT2D eigenvalue weighted by Crippen LogP contribution is 2.25. The van der Waals surface area contributed by atoms with Gasteiger partial charge in [-0.25, -0.2) is 17.8 Å². The second-order valence-electron chi connectivity index (χ2n) is 7.88. The van der Waals surface area contributed by atoms with Crippen LogP contribution in [0.25, 0.3) is 0 Å². The first-order valence-corrected chi connectivity index (χ1v) is 13.1. The molecule has 1 aromatic heterocycles. The molecule has 1 N–H and O–H groups in total. The van der Waals surface area contributed by atoms with Crippen molar-refractivity contribution in [3.63, 3.8) is 0 Å². The Labute approximate surface area is 198 Å². The Hall–Kier alpha value is -2.30. The zero-order valence-corrected chi connectivity index (χ0v) is 19.7. The van der Waals surface area contributed by atoms with E-state index in [0.717, 1.165) is 6.54 Å². The summed E-state index contributed by atoms with van der Waals surface area (Å²) in [5.74, 6) is -0.0247. The lowest BCUT2D eigenvalue weighted by Crippen LogP contribution is -2.48. The lowest BCUT2D eigenvalue weighted by molar-refractivity contribution is 0.181. The molecule has 4 rings (SSSR count). The second-order valence-corrected chi connectivity index (χ2v) is 10.9. The number of nitrogens with zero attached hydrogens (tertiary/aromatic N) is 3. The van der Waals surface area contributed by atoms with Gasteiger partial charge in [0.1, 0.15) is 10.7 Å². The molecule has 3 aromatic rings. The number of aliphatic hydroxyl groups excluding tert-OH is 1. The molecular formula is C24H26FN3O3S2. The normalized spacial score (nSPS) is 16.5. The second kappa shape index (κ2) is 10.8. The maximum atomic E-state index is 13.0. The molecule has 1 aliphatic heterocycles. The van der Waals surface area contributed by atoms with Crippen molar-refractivity contribution in [1.82, 2.24) is 14.2 Å². The molecule has 0 saturated carbocycles. The van der Waals surface area contributed by atoms with Gasteiger partial charge in [-0.15, -0.1) is 11.8 Å². The molecule has 0 unspecified atom stereocenters. The summed E-state index contributed by atoms with van der Waals surface area (Å²) in [6.07, 6.45) is 0.603. The minimum Gasteiger partial charge on any atom is -0.388 e. The van der Waals surface area contributed by atoms with Crippen molar-refractivity contribution in [3.8, 4) is 0 Å². The van der Waals surface area contributed by atoms with Gasteiger partial charge in [0.05, 0.1) is 11.1 Å². The fourth-order valence-electron chi connectivity index (χ4n) is 3.67. The van der Waals surface area contributed by atoms with Crippen molar-refractivity contribution in [2.75, 3.05) is 31.9 Å². The number of aliphatic hydroxyl groups is 1. The first kappa shape index (κ1) is 23.8. The van der Waals surface area contributed by atoms with Crippen molar-refractivity contribution in [2.24, 2.45) is 0 Å². The van der Waals surface area contributed by atoms with Crippen LogP contribution in [-0.4, -0.2) is 59.6 Å². The summed E-state index contributed by atoms with van der Waals surface area (Å²) in [6.45, 7) is 3.05. The average Bonchev–Trinajstić information content (AvgIpc) is 2.84. The summed E-state index contributed by atoms with van der Waals surface area (Å²) in [7, 11) is -3.60. The Kier molecular flexibility index (Phi) is 7.77. The highest BCUT2D eigenvalue weighted by atomic mass is 32.2. The zero-order valence-electron chi connectivity index (χ0n) is 18.0. The Bertz CT molecular complexity index is 1140. The standard InChI is InChI=1S/C24H26FN3O3S2/c25-21-8-6-20(7-9-21)23(29)18-32-24-11-10-22(16-26-24)33(30,31)28-14-12-27(13-15-28)17-19-4-2-1-3-5-19/h1-11,16,23,29H,12-15,17-18H2/t23-/m1/s1. The lowest BCUT2D eigenvalue weighted by atomic mass is 10.1. The van der Waals surface area contributed by atoms with Crippen LogP contribution in [0.4, 0.5) is 4.39 Å². The highest BCUT2D eigenvalue weighted by Gasteiger charge is 2.28. The molecule has 2 aromatic carbocycles. The number of thioether (sulfide) groups is 1. The molecule has 33 heavy (non-hydrogen) atoms. The summed E-state index contributed by atoms with van der Waals surface area (Å²) in [6, 6.07) is 19.1. The molecule has 6 nitrogen and oxygen atoms in total. The maximum absolute atomic E-state index is 13.0. The van der Waals surface area contributed by atoms with Gasteiger partial charge in [-0.1, -0.05) is 42.5 Å². The Morgan fingerprint density at radius 2 is 1.67 bits per heavy atom. The predicted octanol–water partition coefficient (Wildman–Crippen LogP) is 3.55. The number of halogens is 1. The van der Waals surface area contributed by atoms with Crippen molar-refractivity contribution in [3.05, 3.63) is 89.9 Å². The maximum Gasteiger partial charge on any atom is 0.244 e. The van der Waals surface area contributed by atoms with E-state index in [9.17, 15) is 17.9 Å². The van der Waals surface area contributed by atoms with Crippen LogP contribution in [0.5, 0.6) is 0 Å². The summed E-state index contributed by atoms with van der Waals surface area (Å²) < 4.78 is 40.6. The van der Waals surface area contributed by atoms with Crippen molar-refractivity contribution >= 4 is 21.8 Å². The van der Waals surface area contributed by atoms with E-state index in [1.165, 1.54) is 40.0 Å². The van der Waals surface area contributed by atoms with Gasteiger partial charge in [0.15, 0.2) is 0 Å². The molecule has 1 aliphatic rings. The quantitative estimate of drug-likeness (QED) is 0.490. The molecule has 1 fully saturated rings. The fraction of sp³-hybridized carbons (Fsp3) is 0.292. The smallest absolute Gasteiger partial charge is 0.244 e. The molecule has 0 bridgehead atoms. The molecule has 0 aliphatic carbocycles. The largest absolute Gasteiger partial charge is 0.388 e. The van der Waals surface area contributed by atoms with Crippen LogP contribution in [-0.2, 0) is 16.6 Å². The van der Waals surface area contributed by atoms with Gasteiger partial charge in [-0.3, -0.25) is 4.90 Å². The number of aromatic nitrogens is 1. The lowest BCUT2D eigenvalue weighted by Gasteiger charge is -2.33. The van der Waals surface area contributed by atoms with Crippen LogP contribution in [0.15, 0.2) is 82.8 Å². The van der Waals surface area contributed by atoms with E-state index in [-0.39, 0.29) is 10.7 Å². The first-order chi connectivity index (χ1) is 15.9. The van der Waals surface area contributed by atoms with Crippen LogP contribution < -0.4 is 0 Å². The van der Waals surface area contributed by atoms with Crippen molar-refractivity contribution in [1.29, 1.82) is 0 Å². The van der Waals surface area contributed by atoms with Crippen LogP contribution in [0.3, 0.4) is 0 Å². The molecule has 1 saturated heterocycles. The van der Waals surface area contributed by atoms with E-state index in [4.69, 9.17) is 0 Å². The molecule has 0 radical (unpaired) electrons. The van der Waals surface area contributed by atoms with E-state index in [1.54, 1.807) is 24.3 Å². The third-order valence-electron chi connectivity index (χ3n) is 5.57. The summed E-state index contributed by atoms with van der Waals surface area (Å²) in [5.41, 5.74) is 1.84. The van der Waals surface area contributed by atoms with Crippen LogP contribution >= 0.6 is 11.8 Å². The van der Waals surface area contributed by atoms with Crippen LogP contribution in [0, 0.1) is 5.82 Å². The third kappa shape index (κ3) is 6.18. The van der Waals surface area contributed by atoms with Gasteiger partial charge >= 0.3 is 0 Å². The van der Waals surface area contributed by atoms with E-state index < -0.39 is 16.1 Å². The topological polar surface area (TPSA) is 73.7 Å². The molecule has 0 amide bonds. The number of hydrogen-bond donors (Lipinski definition) is 1. The van der Waals surface area contributed by atoms with E-state index in [0.29, 0.717) is 42.5 Å². The summed E-state index contributed by atoms with van der Waals surface area (Å²) in [4.78, 5) is 6.69. The minimum absolute atomic E-state index is 0.169. The van der Waals surface area contributed by atoms with Gasteiger partial charge in [-0.05, 0) is 35.4 Å². The number of pyridine rings is 1. The number of sulfonamides is 1. The summed E-state index contributed by atoms with van der Waals surface area (Å²) >= 11 is 1.31. The van der Waals surface area contributed by atoms with E-state index in [2.05, 4.69) is 22.0 Å². The van der Waals surface area contributed by atoms with Crippen molar-refractivity contribution in [2.45, 2.75) is 22.6 Å². The van der Waals surface area contributed by atoms with Gasteiger partial charge in [-0.2, -0.15) is 4.31 Å². The monoisotopic (exact) mass is 487 g/mol. The predicted molar refractivity (Wildman–Crippen MR) is 127 cm³/mol. The molecule has 9 heteroatoms.